The van der Waals surface area contributed by atoms with Crippen LogP contribution in [0.25, 0.3) is 0 Å². The van der Waals surface area contributed by atoms with Crippen molar-refractivity contribution in [2.75, 3.05) is 0 Å². The molecule has 4 nitrogen and oxygen atoms in total. The minimum absolute atomic E-state index is 0.0490. The summed E-state index contributed by atoms with van der Waals surface area (Å²) in [5.41, 5.74) is -0.532. The molecule has 0 aromatic carbocycles. The van der Waals surface area contributed by atoms with E-state index in [2.05, 4.69) is 19.9 Å². The van der Waals surface area contributed by atoms with Gasteiger partial charge in [0.25, 0.3) is 0 Å². The second kappa shape index (κ2) is 6.29. The van der Waals surface area contributed by atoms with Crippen molar-refractivity contribution in [3.63, 3.8) is 0 Å². The molecule has 152 valence electrons. The summed E-state index contributed by atoms with van der Waals surface area (Å²) >= 11 is 6.71. The fourth-order valence-corrected chi connectivity index (χ4v) is 7.55. The van der Waals surface area contributed by atoms with Crippen LogP contribution in [0, 0.1) is 28.6 Å². The lowest BCUT2D eigenvalue weighted by molar-refractivity contribution is -0.185. The van der Waals surface area contributed by atoms with Crippen LogP contribution in [0.3, 0.4) is 0 Å². The number of carbonyl (C=O) groups excluding carboxylic acids is 3. The molecule has 4 rings (SSSR count). The van der Waals surface area contributed by atoms with Gasteiger partial charge >= 0.3 is 5.97 Å². The van der Waals surface area contributed by atoms with Crippen molar-refractivity contribution >= 4 is 29.1 Å². The molecule has 5 unspecified atom stereocenters. The predicted octanol–water partition coefficient (Wildman–Crippen LogP) is 4.75. The fourth-order valence-electron chi connectivity index (χ4n) is 7.13. The number of halogens is 1. The normalized spacial score (nSPS) is 44.6. The standard InChI is InChI=1S/C23H29ClO4/c1-13(25)23(28-14(2)26)10-7-18-16-12-20(24)19-11-15(27)5-8-21(19,3)17(16)6-9-22(18,23)4/h11-12,16-18H,5-10H2,1-4H3/t16?,17?,18?,21?,22?,23-/m1/s1. The number of ether oxygens (including phenoxy) is 1. The molecule has 0 amide bonds. The summed E-state index contributed by atoms with van der Waals surface area (Å²) in [6, 6.07) is 0. The van der Waals surface area contributed by atoms with Gasteiger partial charge in [0.15, 0.2) is 17.2 Å². The van der Waals surface area contributed by atoms with Gasteiger partial charge in [-0.2, -0.15) is 0 Å². The summed E-state index contributed by atoms with van der Waals surface area (Å²) in [4.78, 5) is 36.6. The smallest absolute Gasteiger partial charge is 0.303 e. The summed E-state index contributed by atoms with van der Waals surface area (Å²) < 4.78 is 5.79. The summed E-state index contributed by atoms with van der Waals surface area (Å²) in [6.45, 7) is 7.33. The number of rotatable bonds is 2. The van der Waals surface area contributed by atoms with Crippen molar-refractivity contribution in [2.24, 2.45) is 28.6 Å². The van der Waals surface area contributed by atoms with Crippen molar-refractivity contribution in [3.8, 4) is 0 Å². The van der Waals surface area contributed by atoms with Crippen LogP contribution in [0.15, 0.2) is 22.8 Å². The van der Waals surface area contributed by atoms with E-state index in [1.165, 1.54) is 6.92 Å². The lowest BCUT2D eigenvalue weighted by Gasteiger charge is -2.57. The summed E-state index contributed by atoms with van der Waals surface area (Å²) in [5, 5.41) is 0.689. The Balaban J connectivity index is 1.79. The molecule has 4 aliphatic rings. The molecule has 0 spiro atoms. The Labute approximate surface area is 171 Å². The van der Waals surface area contributed by atoms with Gasteiger partial charge < -0.3 is 4.74 Å². The van der Waals surface area contributed by atoms with Crippen molar-refractivity contribution in [1.82, 2.24) is 0 Å². The number of allylic oxidation sites excluding steroid dienone is 4. The molecule has 4 aliphatic carbocycles. The second-order valence-corrected chi connectivity index (χ2v) is 10.1. The van der Waals surface area contributed by atoms with Gasteiger partial charge in [-0.3, -0.25) is 14.4 Å². The van der Waals surface area contributed by atoms with Crippen molar-refractivity contribution in [3.05, 3.63) is 22.8 Å². The zero-order valence-corrected chi connectivity index (χ0v) is 17.9. The molecule has 0 aliphatic heterocycles. The predicted molar refractivity (Wildman–Crippen MR) is 107 cm³/mol. The molecule has 5 heteroatoms. The number of hydrogen-bond acceptors (Lipinski definition) is 4. The summed E-state index contributed by atoms with van der Waals surface area (Å²) in [7, 11) is 0. The number of ketones is 2. The monoisotopic (exact) mass is 404 g/mol. The maximum atomic E-state index is 12.7. The summed E-state index contributed by atoms with van der Waals surface area (Å²) in [6.07, 6.45) is 8.48. The quantitative estimate of drug-likeness (QED) is 0.623. The first kappa shape index (κ1) is 19.9. The van der Waals surface area contributed by atoms with Crippen molar-refractivity contribution in [1.29, 1.82) is 0 Å². The van der Waals surface area contributed by atoms with Crippen molar-refractivity contribution < 1.29 is 19.1 Å². The van der Waals surface area contributed by atoms with E-state index in [1.807, 2.05) is 0 Å². The number of carbonyl (C=O) groups is 3. The zero-order chi connectivity index (χ0) is 20.5. The molecule has 0 aromatic rings. The van der Waals surface area contributed by atoms with Gasteiger partial charge in [-0.15, -0.1) is 0 Å². The van der Waals surface area contributed by atoms with Crippen molar-refractivity contribution in [2.45, 2.75) is 71.8 Å². The van der Waals surface area contributed by atoms with E-state index in [0.717, 1.165) is 31.3 Å². The average molecular weight is 405 g/mol. The Hall–Kier alpha value is -1.42. The molecular weight excluding hydrogens is 376 g/mol. The zero-order valence-electron chi connectivity index (χ0n) is 17.1. The van der Waals surface area contributed by atoms with Crippen LogP contribution < -0.4 is 0 Å². The van der Waals surface area contributed by atoms with Crippen LogP contribution in [0.4, 0.5) is 0 Å². The highest BCUT2D eigenvalue weighted by atomic mass is 35.5. The maximum Gasteiger partial charge on any atom is 0.303 e. The third-order valence-electron chi connectivity index (χ3n) is 8.56. The van der Waals surface area contributed by atoms with E-state index in [9.17, 15) is 14.4 Å². The first-order valence-electron chi connectivity index (χ1n) is 10.4. The number of hydrogen-bond donors (Lipinski definition) is 0. The van der Waals surface area contributed by atoms with E-state index in [0.29, 0.717) is 23.8 Å². The van der Waals surface area contributed by atoms with Gasteiger partial charge in [0, 0.05) is 23.8 Å². The molecule has 0 bridgehead atoms. The summed E-state index contributed by atoms with van der Waals surface area (Å²) in [5.74, 6) is 0.584. The van der Waals surface area contributed by atoms with E-state index in [4.69, 9.17) is 16.3 Å². The maximum absolute atomic E-state index is 12.7. The number of fused-ring (bicyclic) bond motifs is 5. The molecule has 0 aromatic heterocycles. The highest BCUT2D eigenvalue weighted by Crippen LogP contribution is 2.68. The van der Waals surface area contributed by atoms with Crippen LogP contribution in [0.2, 0.25) is 0 Å². The third-order valence-corrected chi connectivity index (χ3v) is 8.89. The van der Waals surface area contributed by atoms with Gasteiger partial charge in [0.1, 0.15) is 0 Å². The van der Waals surface area contributed by atoms with Crippen LogP contribution in [0.5, 0.6) is 0 Å². The third kappa shape index (κ3) is 2.46. The van der Waals surface area contributed by atoms with E-state index in [1.54, 1.807) is 13.0 Å². The Morgan fingerprint density at radius 1 is 1.11 bits per heavy atom. The minimum atomic E-state index is -1.03. The molecule has 2 saturated carbocycles. The van der Waals surface area contributed by atoms with Gasteiger partial charge in [-0.05, 0) is 73.8 Å². The van der Waals surface area contributed by atoms with E-state index < -0.39 is 5.60 Å². The van der Waals surface area contributed by atoms with Gasteiger partial charge in [0.2, 0.25) is 0 Å². The Morgan fingerprint density at radius 2 is 1.79 bits per heavy atom. The second-order valence-electron chi connectivity index (χ2n) is 9.72. The average Bonchev–Trinajstić information content (AvgIpc) is 2.90. The molecule has 6 atom stereocenters. The highest BCUT2D eigenvalue weighted by Gasteiger charge is 2.67. The largest absolute Gasteiger partial charge is 0.451 e. The van der Waals surface area contributed by atoms with E-state index in [-0.39, 0.29) is 40.2 Å². The fraction of sp³-hybridized carbons (Fsp3) is 0.696. The van der Waals surface area contributed by atoms with Crippen LogP contribution >= 0.6 is 11.6 Å². The molecule has 2 fully saturated rings. The Kier molecular flexibility index (Phi) is 4.46. The molecule has 0 radical (unpaired) electrons. The van der Waals surface area contributed by atoms with Gasteiger partial charge in [0.05, 0.1) is 0 Å². The molecular formula is C23H29ClO4. The molecule has 0 saturated heterocycles. The lowest BCUT2D eigenvalue weighted by Crippen LogP contribution is -2.58. The SMILES string of the molecule is CC(=O)O[C@@]1(C(C)=O)CCC2C3C=C(Cl)C4=CC(=O)CCC4(C)C3CCC21C. The molecule has 0 N–H and O–H groups in total. The first-order chi connectivity index (χ1) is 13.0. The number of Topliss-reactive ketones (excluding diaryl/α,β-unsaturated/α-hetero) is 1. The Bertz CT molecular complexity index is 826. The Morgan fingerprint density at radius 3 is 2.43 bits per heavy atom. The molecule has 0 heterocycles. The number of esters is 1. The van der Waals surface area contributed by atoms with Crippen LogP contribution in [-0.4, -0.2) is 23.1 Å². The first-order valence-corrected chi connectivity index (χ1v) is 10.8. The van der Waals surface area contributed by atoms with Crippen LogP contribution in [-0.2, 0) is 19.1 Å². The topological polar surface area (TPSA) is 60.4 Å². The van der Waals surface area contributed by atoms with Crippen LogP contribution in [0.1, 0.15) is 66.2 Å². The lowest BCUT2D eigenvalue weighted by atomic mass is 9.48. The van der Waals surface area contributed by atoms with Gasteiger partial charge in [-0.25, -0.2) is 0 Å². The minimum Gasteiger partial charge on any atom is -0.451 e. The van der Waals surface area contributed by atoms with Gasteiger partial charge in [-0.1, -0.05) is 31.5 Å². The highest BCUT2D eigenvalue weighted by molar-refractivity contribution is 6.32. The van der Waals surface area contributed by atoms with E-state index >= 15 is 0 Å². The molecule has 28 heavy (non-hydrogen) atoms.